The largest absolute Gasteiger partial charge is 0.308 e. The highest BCUT2D eigenvalue weighted by Crippen LogP contribution is 2.30. The second-order valence-corrected chi connectivity index (χ2v) is 9.51. The number of carbonyl (C=O) groups is 1. The van der Waals surface area contributed by atoms with E-state index in [0.717, 1.165) is 35.0 Å². The maximum atomic E-state index is 12.8. The molecule has 0 saturated heterocycles. The summed E-state index contributed by atoms with van der Waals surface area (Å²) in [6.07, 6.45) is 0.734. The normalized spacial score (nSPS) is 13.5. The fourth-order valence-electron chi connectivity index (χ4n) is 3.77. The molecule has 0 atom stereocenters. The van der Waals surface area contributed by atoms with E-state index in [-0.39, 0.29) is 17.3 Å². The number of benzene rings is 3. The van der Waals surface area contributed by atoms with Crippen molar-refractivity contribution in [2.45, 2.75) is 17.9 Å². The van der Waals surface area contributed by atoms with E-state index in [9.17, 15) is 13.2 Å². The van der Waals surface area contributed by atoms with Crippen LogP contribution in [0.5, 0.6) is 0 Å². The van der Waals surface area contributed by atoms with Crippen LogP contribution in [0.15, 0.2) is 71.6 Å². The van der Waals surface area contributed by atoms with E-state index in [0.29, 0.717) is 23.1 Å². The number of amides is 1. The molecule has 156 valence electrons. The van der Waals surface area contributed by atoms with Gasteiger partial charge in [0.2, 0.25) is 10.0 Å². The van der Waals surface area contributed by atoms with E-state index < -0.39 is 10.0 Å². The summed E-state index contributed by atoms with van der Waals surface area (Å²) in [6.45, 7) is 0.757. The number of sulfonamides is 1. The van der Waals surface area contributed by atoms with Crippen molar-refractivity contribution in [1.29, 1.82) is 0 Å². The second kappa shape index (κ2) is 7.84. The first kappa shape index (κ1) is 19.8. The number of fused-ring (bicyclic) bond motifs is 2. The maximum Gasteiger partial charge on any atom is 0.258 e. The van der Waals surface area contributed by atoms with Crippen molar-refractivity contribution >= 4 is 44.4 Å². The first-order chi connectivity index (χ1) is 15.0. The molecule has 1 amide bonds. The molecule has 1 aliphatic rings. The molecule has 31 heavy (non-hydrogen) atoms. The number of nitrogens with zero attached hydrogens (tertiary/aromatic N) is 3. The van der Waals surface area contributed by atoms with E-state index in [1.54, 1.807) is 17.0 Å². The molecule has 1 aliphatic heterocycles. The molecule has 7 nitrogen and oxygen atoms in total. The van der Waals surface area contributed by atoms with Gasteiger partial charge in [-0.15, -0.1) is 0 Å². The van der Waals surface area contributed by atoms with E-state index in [1.807, 2.05) is 48.5 Å². The third kappa shape index (κ3) is 3.71. The van der Waals surface area contributed by atoms with Gasteiger partial charge in [-0.05, 0) is 47.9 Å². The van der Waals surface area contributed by atoms with Crippen molar-refractivity contribution in [2.24, 2.45) is 0 Å². The Kier molecular flexibility index (Phi) is 5.01. The molecule has 1 N–H and O–H groups in total. The number of nitrogens with one attached hydrogen (secondary N) is 1. The van der Waals surface area contributed by atoms with Crippen LogP contribution in [0.2, 0.25) is 0 Å². The molecule has 4 aromatic rings. The first-order valence-electron chi connectivity index (χ1n) is 9.72. The molecule has 9 heteroatoms. The molecule has 1 aromatic heterocycles. The minimum Gasteiger partial charge on any atom is -0.308 e. The van der Waals surface area contributed by atoms with Gasteiger partial charge in [-0.3, -0.25) is 4.79 Å². The molecule has 5 rings (SSSR count). The van der Waals surface area contributed by atoms with Gasteiger partial charge in [0.1, 0.15) is 15.9 Å². The van der Waals surface area contributed by atoms with Gasteiger partial charge in [-0.2, -0.15) is 8.75 Å². The Balaban J connectivity index is 1.34. The Hall–Kier alpha value is -3.14. The van der Waals surface area contributed by atoms with Crippen LogP contribution in [-0.4, -0.2) is 29.6 Å². The first-order valence-corrected chi connectivity index (χ1v) is 11.9. The summed E-state index contributed by atoms with van der Waals surface area (Å²) in [4.78, 5) is 14.7. The van der Waals surface area contributed by atoms with Crippen molar-refractivity contribution in [3.05, 3.63) is 83.4 Å². The Morgan fingerprint density at radius 3 is 2.71 bits per heavy atom. The molecule has 3 aromatic carbocycles. The van der Waals surface area contributed by atoms with Crippen LogP contribution in [0.25, 0.3) is 11.0 Å². The van der Waals surface area contributed by atoms with Crippen LogP contribution in [-0.2, 0) is 23.0 Å². The molecule has 0 spiro atoms. The third-order valence-corrected chi connectivity index (χ3v) is 7.29. The standard InChI is InChI=1S/C22H18N4O3S2/c27-22(16-5-2-1-3-6-16)26-12-11-17-13-15(9-10-19(17)26)14-23-31(28,29)20-8-4-7-18-21(20)25-30-24-18/h1-10,13,23H,11-12,14H2. The number of hydrogen-bond donors (Lipinski definition) is 1. The summed E-state index contributed by atoms with van der Waals surface area (Å²) in [5, 5.41) is 0. The summed E-state index contributed by atoms with van der Waals surface area (Å²) in [7, 11) is -3.74. The van der Waals surface area contributed by atoms with Crippen molar-refractivity contribution < 1.29 is 13.2 Å². The van der Waals surface area contributed by atoms with Crippen molar-refractivity contribution in [2.75, 3.05) is 11.4 Å². The van der Waals surface area contributed by atoms with Crippen molar-refractivity contribution in [3.63, 3.8) is 0 Å². The minimum absolute atomic E-state index is 0.0298. The summed E-state index contributed by atoms with van der Waals surface area (Å²) < 4.78 is 36.5. The Morgan fingerprint density at radius 2 is 1.87 bits per heavy atom. The van der Waals surface area contributed by atoms with Crippen molar-refractivity contribution in [1.82, 2.24) is 13.5 Å². The Labute approximate surface area is 183 Å². The quantitative estimate of drug-likeness (QED) is 0.503. The lowest BCUT2D eigenvalue weighted by atomic mass is 10.1. The van der Waals surface area contributed by atoms with E-state index >= 15 is 0 Å². The fraction of sp³-hybridized carbons (Fsp3) is 0.136. The maximum absolute atomic E-state index is 12.8. The van der Waals surface area contributed by atoms with E-state index in [2.05, 4.69) is 13.5 Å². The Morgan fingerprint density at radius 1 is 1.03 bits per heavy atom. The van der Waals surface area contributed by atoms with Crippen LogP contribution >= 0.6 is 11.7 Å². The highest BCUT2D eigenvalue weighted by Gasteiger charge is 2.26. The SMILES string of the molecule is O=C(c1ccccc1)N1CCc2cc(CNS(=O)(=O)c3cccc4nsnc34)ccc21. The summed E-state index contributed by atoms with van der Waals surface area (Å²) in [5.74, 6) is -0.0298. The van der Waals surface area contributed by atoms with Crippen LogP contribution < -0.4 is 9.62 Å². The average molecular weight is 451 g/mol. The highest BCUT2D eigenvalue weighted by atomic mass is 32.2. The van der Waals surface area contributed by atoms with Gasteiger partial charge in [-0.25, -0.2) is 13.1 Å². The highest BCUT2D eigenvalue weighted by molar-refractivity contribution is 7.89. The van der Waals surface area contributed by atoms with Crippen LogP contribution in [0.4, 0.5) is 5.69 Å². The van der Waals surface area contributed by atoms with E-state index in [1.165, 1.54) is 6.07 Å². The summed E-state index contributed by atoms with van der Waals surface area (Å²) in [6, 6.07) is 19.8. The number of carbonyl (C=O) groups excluding carboxylic acids is 1. The monoisotopic (exact) mass is 450 g/mol. The smallest absolute Gasteiger partial charge is 0.258 e. The van der Waals surface area contributed by atoms with Crippen LogP contribution in [0.1, 0.15) is 21.5 Å². The molecular weight excluding hydrogens is 432 g/mol. The topological polar surface area (TPSA) is 92.3 Å². The number of rotatable bonds is 5. The van der Waals surface area contributed by atoms with Crippen LogP contribution in [0.3, 0.4) is 0 Å². The third-order valence-electron chi connectivity index (χ3n) is 5.31. The molecule has 2 heterocycles. The molecule has 0 aliphatic carbocycles. The van der Waals surface area contributed by atoms with Gasteiger partial charge in [0, 0.05) is 24.3 Å². The minimum atomic E-state index is -3.74. The van der Waals surface area contributed by atoms with Gasteiger partial charge in [0.05, 0.1) is 11.7 Å². The fourth-order valence-corrected chi connectivity index (χ4v) is 5.55. The molecule has 0 unspecified atom stereocenters. The Bertz CT molecular complexity index is 1380. The molecular formula is C22H18N4O3S2. The lowest BCUT2D eigenvalue weighted by molar-refractivity contribution is 0.0989. The summed E-state index contributed by atoms with van der Waals surface area (Å²) in [5.41, 5.74) is 4.33. The lowest BCUT2D eigenvalue weighted by Gasteiger charge is -2.17. The number of aromatic nitrogens is 2. The molecule has 0 saturated carbocycles. The molecule has 0 bridgehead atoms. The zero-order valence-electron chi connectivity index (χ0n) is 16.4. The van der Waals surface area contributed by atoms with Gasteiger partial charge in [0.25, 0.3) is 5.91 Å². The zero-order valence-corrected chi connectivity index (χ0v) is 18.0. The second-order valence-electron chi connectivity index (χ2n) is 7.25. The average Bonchev–Trinajstić information content (AvgIpc) is 3.44. The van der Waals surface area contributed by atoms with Gasteiger partial charge in [0.15, 0.2) is 0 Å². The van der Waals surface area contributed by atoms with E-state index in [4.69, 9.17) is 0 Å². The van der Waals surface area contributed by atoms with Crippen LogP contribution in [0, 0.1) is 0 Å². The van der Waals surface area contributed by atoms with Gasteiger partial charge < -0.3 is 4.90 Å². The molecule has 0 radical (unpaired) electrons. The lowest BCUT2D eigenvalue weighted by Crippen LogP contribution is -2.28. The number of anilines is 1. The number of hydrogen-bond acceptors (Lipinski definition) is 6. The predicted octanol–water partition coefficient (Wildman–Crippen LogP) is 3.37. The van der Waals surface area contributed by atoms with Gasteiger partial charge in [-0.1, -0.05) is 36.4 Å². The summed E-state index contributed by atoms with van der Waals surface area (Å²) >= 11 is 0.988. The molecule has 0 fully saturated rings. The van der Waals surface area contributed by atoms with Gasteiger partial charge >= 0.3 is 0 Å². The van der Waals surface area contributed by atoms with Crippen molar-refractivity contribution in [3.8, 4) is 0 Å². The zero-order chi connectivity index (χ0) is 21.4. The predicted molar refractivity (Wildman–Crippen MR) is 120 cm³/mol.